The highest BCUT2D eigenvalue weighted by atomic mass is 35.5. The molecule has 0 amide bonds. The molecular weight excluding hydrogens is 518 g/mol. The van der Waals surface area contributed by atoms with Crippen molar-refractivity contribution in [3.05, 3.63) is 83.9 Å². The molecule has 1 fully saturated rings. The van der Waals surface area contributed by atoms with Crippen LogP contribution in [0.15, 0.2) is 83.8 Å². The lowest BCUT2D eigenvalue weighted by Gasteiger charge is -2.22. The Morgan fingerprint density at radius 1 is 0.889 bits per heavy atom. The van der Waals surface area contributed by atoms with Crippen LogP contribution < -0.4 is 9.03 Å². The van der Waals surface area contributed by atoms with Gasteiger partial charge in [-0.15, -0.1) is 0 Å². The smallest absolute Gasteiger partial charge is 0.261 e. The molecular formula is C26H24ClN3O4S2. The van der Waals surface area contributed by atoms with Crippen LogP contribution in [-0.2, 0) is 20.0 Å². The summed E-state index contributed by atoms with van der Waals surface area (Å²) in [5.41, 5.74) is 2.84. The summed E-state index contributed by atoms with van der Waals surface area (Å²) in [5.74, 6) is 0.0968. The minimum atomic E-state index is -3.92. The summed E-state index contributed by atoms with van der Waals surface area (Å²) in [5, 5.41) is 1.44. The van der Waals surface area contributed by atoms with Gasteiger partial charge in [-0.25, -0.2) is 21.8 Å². The first-order chi connectivity index (χ1) is 17.2. The van der Waals surface area contributed by atoms with Gasteiger partial charge in [-0.05, 0) is 67.4 Å². The van der Waals surface area contributed by atoms with Gasteiger partial charge in [0.25, 0.3) is 10.0 Å². The lowest BCUT2D eigenvalue weighted by atomic mass is 10.1. The largest absolute Gasteiger partial charge is 0.280 e. The molecule has 3 aromatic carbocycles. The summed E-state index contributed by atoms with van der Waals surface area (Å²) in [4.78, 5) is 4.69. The molecule has 1 aliphatic heterocycles. The maximum atomic E-state index is 13.1. The van der Waals surface area contributed by atoms with Crippen molar-refractivity contribution in [2.45, 2.75) is 24.2 Å². The maximum absolute atomic E-state index is 13.1. The predicted octanol–water partition coefficient (Wildman–Crippen LogP) is 5.68. The topological polar surface area (TPSA) is 96.4 Å². The van der Waals surface area contributed by atoms with E-state index in [-0.39, 0.29) is 10.6 Å². The molecule has 1 saturated heterocycles. The van der Waals surface area contributed by atoms with Gasteiger partial charge in [0.15, 0.2) is 0 Å². The molecule has 4 aromatic rings. The molecule has 186 valence electrons. The Balaban J connectivity index is 1.41. The summed E-state index contributed by atoms with van der Waals surface area (Å²) < 4.78 is 55.2. The van der Waals surface area contributed by atoms with Crippen molar-refractivity contribution >= 4 is 53.9 Å². The summed E-state index contributed by atoms with van der Waals surface area (Å²) in [6.45, 7) is 0.392. The molecule has 1 N–H and O–H groups in total. The van der Waals surface area contributed by atoms with E-state index in [4.69, 9.17) is 11.6 Å². The lowest BCUT2D eigenvalue weighted by Crippen LogP contribution is -2.32. The van der Waals surface area contributed by atoms with Gasteiger partial charge >= 0.3 is 0 Å². The fraction of sp³-hybridized carbons (Fsp3) is 0.192. The maximum Gasteiger partial charge on any atom is 0.261 e. The zero-order valence-corrected chi connectivity index (χ0v) is 21.7. The number of hydrogen-bond donors (Lipinski definition) is 1. The normalized spacial score (nSPS) is 16.0. The number of rotatable bonds is 5. The van der Waals surface area contributed by atoms with E-state index in [0.29, 0.717) is 40.6 Å². The van der Waals surface area contributed by atoms with E-state index in [1.54, 1.807) is 18.2 Å². The summed E-state index contributed by atoms with van der Waals surface area (Å²) in [6, 6.07) is 22.2. The molecule has 2 heterocycles. The number of benzene rings is 3. The zero-order chi connectivity index (χ0) is 25.3. The highest BCUT2D eigenvalue weighted by Gasteiger charge is 2.25. The van der Waals surface area contributed by atoms with Gasteiger partial charge in [0.05, 0.1) is 32.6 Å². The van der Waals surface area contributed by atoms with Crippen molar-refractivity contribution in [2.75, 3.05) is 21.3 Å². The van der Waals surface area contributed by atoms with Gasteiger partial charge < -0.3 is 0 Å². The first-order valence-electron chi connectivity index (χ1n) is 11.5. The fourth-order valence-corrected chi connectivity index (χ4v) is 7.17. The Morgan fingerprint density at radius 2 is 1.67 bits per heavy atom. The van der Waals surface area contributed by atoms with Gasteiger partial charge in [-0.3, -0.25) is 9.03 Å². The molecule has 5 rings (SSSR count). The standard InChI is InChI=1S/C26H24ClN3O4S2/c27-24-14-9-20(18-23(24)26-15-8-19-6-2-3-7-25(19)28-26)29-36(33,34)22-12-10-21(11-13-22)30-16-4-1-5-17-35(30,31)32/h2-3,6-15,18,29H,1,4-5,16-17H2. The molecule has 0 unspecified atom stereocenters. The first kappa shape index (κ1) is 24.5. The third kappa shape index (κ3) is 5.04. The lowest BCUT2D eigenvalue weighted by molar-refractivity contribution is 0.592. The molecule has 0 atom stereocenters. The number of fused-ring (bicyclic) bond motifs is 1. The van der Waals surface area contributed by atoms with Gasteiger partial charge in [-0.2, -0.15) is 0 Å². The number of anilines is 2. The zero-order valence-electron chi connectivity index (χ0n) is 19.3. The number of aromatic nitrogens is 1. The van der Waals surface area contributed by atoms with Crippen LogP contribution in [0.25, 0.3) is 22.2 Å². The van der Waals surface area contributed by atoms with E-state index in [1.807, 2.05) is 36.4 Å². The molecule has 0 bridgehead atoms. The van der Waals surface area contributed by atoms with Crippen LogP contribution in [0.5, 0.6) is 0 Å². The first-order valence-corrected chi connectivity index (χ1v) is 15.0. The molecule has 1 aliphatic rings. The number of nitrogens with zero attached hydrogens (tertiary/aromatic N) is 2. The van der Waals surface area contributed by atoms with Crippen LogP contribution in [0.2, 0.25) is 5.02 Å². The Labute approximate surface area is 215 Å². The molecule has 0 radical (unpaired) electrons. The molecule has 10 heteroatoms. The van der Waals surface area contributed by atoms with Crippen molar-refractivity contribution in [3.63, 3.8) is 0 Å². The molecule has 1 aromatic heterocycles. The van der Waals surface area contributed by atoms with Gasteiger partial charge in [0, 0.05) is 23.2 Å². The average molecular weight is 542 g/mol. The van der Waals surface area contributed by atoms with Crippen molar-refractivity contribution < 1.29 is 16.8 Å². The van der Waals surface area contributed by atoms with Crippen molar-refractivity contribution in [3.8, 4) is 11.3 Å². The monoisotopic (exact) mass is 541 g/mol. The van der Waals surface area contributed by atoms with Crippen LogP contribution in [-0.4, -0.2) is 34.1 Å². The SMILES string of the molecule is O=S(=O)(Nc1ccc(Cl)c(-c2ccc3ccccc3n2)c1)c1ccc(N2CCCCCS2(=O)=O)cc1. The van der Waals surface area contributed by atoms with E-state index >= 15 is 0 Å². The highest BCUT2D eigenvalue weighted by Crippen LogP contribution is 2.32. The Morgan fingerprint density at radius 3 is 2.47 bits per heavy atom. The van der Waals surface area contributed by atoms with Crippen LogP contribution in [0.1, 0.15) is 19.3 Å². The number of hydrogen-bond acceptors (Lipinski definition) is 5. The number of nitrogens with one attached hydrogen (secondary N) is 1. The number of sulfonamides is 2. The van der Waals surface area contributed by atoms with Gasteiger partial charge in [-0.1, -0.05) is 42.3 Å². The number of halogens is 1. The summed E-state index contributed by atoms with van der Waals surface area (Å²) >= 11 is 6.43. The van der Waals surface area contributed by atoms with E-state index < -0.39 is 20.0 Å². The molecule has 0 aliphatic carbocycles. The van der Waals surface area contributed by atoms with E-state index in [2.05, 4.69) is 9.71 Å². The molecule has 36 heavy (non-hydrogen) atoms. The van der Waals surface area contributed by atoms with Crippen molar-refractivity contribution in [1.29, 1.82) is 0 Å². The van der Waals surface area contributed by atoms with Gasteiger partial charge in [0.1, 0.15) is 0 Å². The van der Waals surface area contributed by atoms with E-state index in [0.717, 1.165) is 23.7 Å². The summed E-state index contributed by atoms with van der Waals surface area (Å²) in [6.07, 6.45) is 2.25. The Kier molecular flexibility index (Phi) is 6.63. The molecule has 0 saturated carbocycles. The molecule has 0 spiro atoms. The second-order valence-corrected chi connectivity index (χ2v) is 12.7. The Bertz CT molecular complexity index is 1640. The fourth-order valence-electron chi connectivity index (χ4n) is 4.26. The number of pyridine rings is 1. The highest BCUT2D eigenvalue weighted by molar-refractivity contribution is 7.93. The Hall–Kier alpha value is -3.14. The minimum Gasteiger partial charge on any atom is -0.280 e. The second kappa shape index (κ2) is 9.72. The van der Waals surface area contributed by atoms with Crippen LogP contribution in [0.3, 0.4) is 0 Å². The minimum absolute atomic E-state index is 0.0267. The van der Waals surface area contributed by atoms with Gasteiger partial charge in [0.2, 0.25) is 10.0 Å². The average Bonchev–Trinajstić information content (AvgIpc) is 3.05. The van der Waals surface area contributed by atoms with Crippen LogP contribution >= 0.6 is 11.6 Å². The quantitative estimate of drug-likeness (QED) is 0.351. The van der Waals surface area contributed by atoms with Crippen molar-refractivity contribution in [1.82, 2.24) is 4.98 Å². The van der Waals surface area contributed by atoms with Crippen molar-refractivity contribution in [2.24, 2.45) is 0 Å². The summed E-state index contributed by atoms with van der Waals surface area (Å²) in [7, 11) is -7.33. The number of para-hydroxylation sites is 1. The third-order valence-corrected chi connectivity index (χ3v) is 9.72. The third-order valence-electron chi connectivity index (χ3n) is 6.13. The predicted molar refractivity (Wildman–Crippen MR) is 144 cm³/mol. The van der Waals surface area contributed by atoms with E-state index in [1.165, 1.54) is 28.6 Å². The molecule has 7 nitrogen and oxygen atoms in total. The van der Waals surface area contributed by atoms with Crippen LogP contribution in [0, 0.1) is 0 Å². The van der Waals surface area contributed by atoms with E-state index in [9.17, 15) is 16.8 Å². The second-order valence-electron chi connectivity index (χ2n) is 8.63. The van der Waals surface area contributed by atoms with Crippen LogP contribution in [0.4, 0.5) is 11.4 Å².